The van der Waals surface area contributed by atoms with Crippen molar-refractivity contribution in [3.05, 3.63) is 88.5 Å². The van der Waals surface area contributed by atoms with Gasteiger partial charge in [0.05, 0.1) is 16.9 Å². The molecule has 3 aromatic carbocycles. The summed E-state index contributed by atoms with van der Waals surface area (Å²) in [5.74, 6) is -0.786. The van der Waals surface area contributed by atoms with E-state index in [0.29, 0.717) is 44.4 Å². The van der Waals surface area contributed by atoms with Gasteiger partial charge in [-0.2, -0.15) is 5.10 Å². The molecule has 0 spiro atoms. The Hall–Kier alpha value is -4.39. The van der Waals surface area contributed by atoms with Crippen LogP contribution in [0.2, 0.25) is 0 Å². The third kappa shape index (κ3) is 8.62. The van der Waals surface area contributed by atoms with Gasteiger partial charge < -0.3 is 24.8 Å². The molecule has 0 aliphatic rings. The van der Waals surface area contributed by atoms with Crippen molar-refractivity contribution < 1.29 is 28.6 Å². The highest BCUT2D eigenvalue weighted by atomic mass is 127. The molecule has 0 aliphatic carbocycles. The topological polar surface area (TPSA) is 127 Å². The molecule has 0 heterocycles. The summed E-state index contributed by atoms with van der Waals surface area (Å²) in [5.41, 5.74) is 3.84. The molecule has 38 heavy (non-hydrogen) atoms. The zero-order chi connectivity index (χ0) is 27.3. The maximum absolute atomic E-state index is 12.2. The summed E-state index contributed by atoms with van der Waals surface area (Å²) in [6.45, 7) is 3.72. The molecule has 196 valence electrons. The molecule has 0 saturated heterocycles. The lowest BCUT2D eigenvalue weighted by atomic mass is 10.2. The largest absolute Gasteiger partial charge is 0.493 e. The van der Waals surface area contributed by atoms with Gasteiger partial charge in [-0.05, 0) is 76.7 Å². The number of para-hydroxylation sites is 1. The van der Waals surface area contributed by atoms with Crippen molar-refractivity contribution >= 4 is 57.9 Å². The molecule has 3 rings (SSSR count). The number of anilines is 2. The van der Waals surface area contributed by atoms with Crippen LogP contribution in [0.25, 0.3) is 0 Å². The lowest BCUT2D eigenvalue weighted by Crippen LogP contribution is -2.32. The van der Waals surface area contributed by atoms with Gasteiger partial charge in [0.2, 0.25) is 0 Å². The summed E-state index contributed by atoms with van der Waals surface area (Å²) < 4.78 is 17.1. The fraction of sp³-hybridized carbons (Fsp3) is 0.111. The van der Waals surface area contributed by atoms with Gasteiger partial charge in [-0.15, -0.1) is 0 Å². The van der Waals surface area contributed by atoms with Crippen LogP contribution in [0, 0.1) is 3.57 Å². The number of carbonyl (C=O) groups is 3. The van der Waals surface area contributed by atoms with Gasteiger partial charge in [-0.1, -0.05) is 30.9 Å². The SMILES string of the molecule is C=CCOc1ccc(NC(=O)C(=O)N/N=C\c2cc(I)c(OCC(=O)Nc3ccccc3)c(OC)c2)cc1. The van der Waals surface area contributed by atoms with E-state index in [-0.39, 0.29) is 12.5 Å². The Bertz CT molecular complexity index is 1310. The summed E-state index contributed by atoms with van der Waals surface area (Å²) in [4.78, 5) is 36.5. The normalized spacial score (nSPS) is 10.4. The van der Waals surface area contributed by atoms with Crippen molar-refractivity contribution in [2.24, 2.45) is 5.10 Å². The maximum Gasteiger partial charge on any atom is 0.329 e. The van der Waals surface area contributed by atoms with Crippen molar-refractivity contribution in [2.75, 3.05) is 31.0 Å². The molecule has 3 amide bonds. The monoisotopic (exact) mass is 628 g/mol. The van der Waals surface area contributed by atoms with E-state index in [2.05, 4.69) is 27.7 Å². The van der Waals surface area contributed by atoms with Gasteiger partial charge in [0.15, 0.2) is 18.1 Å². The van der Waals surface area contributed by atoms with E-state index in [1.807, 2.05) is 40.8 Å². The minimum Gasteiger partial charge on any atom is -0.493 e. The highest BCUT2D eigenvalue weighted by Gasteiger charge is 2.15. The molecule has 10 nitrogen and oxygen atoms in total. The Balaban J connectivity index is 1.54. The number of carbonyl (C=O) groups excluding carboxylic acids is 3. The Morgan fingerprint density at radius 3 is 2.34 bits per heavy atom. The number of nitrogens with zero attached hydrogens (tertiary/aromatic N) is 1. The molecule has 3 N–H and O–H groups in total. The van der Waals surface area contributed by atoms with Crippen molar-refractivity contribution in [1.29, 1.82) is 0 Å². The standard InChI is InChI=1S/C27H25IN4O6/c1-3-13-37-21-11-9-20(10-12-21)31-26(34)27(35)32-29-16-18-14-22(28)25(23(15-18)36-2)38-17-24(33)30-19-7-5-4-6-8-19/h3-12,14-16H,1,13,17H2,2H3,(H,30,33)(H,31,34)(H,32,35)/b29-16-. The van der Waals surface area contributed by atoms with E-state index in [1.54, 1.807) is 54.6 Å². The number of amides is 3. The van der Waals surface area contributed by atoms with Crippen LogP contribution in [0.5, 0.6) is 17.2 Å². The Morgan fingerprint density at radius 1 is 0.947 bits per heavy atom. The number of halogens is 1. The first-order valence-corrected chi connectivity index (χ1v) is 12.3. The van der Waals surface area contributed by atoms with Gasteiger partial charge in [0.1, 0.15) is 12.4 Å². The van der Waals surface area contributed by atoms with Crippen molar-refractivity contribution in [3.63, 3.8) is 0 Å². The lowest BCUT2D eigenvalue weighted by Gasteiger charge is -2.13. The second kappa shape index (κ2) is 14.4. The van der Waals surface area contributed by atoms with Crippen LogP contribution in [0.1, 0.15) is 5.56 Å². The molecule has 0 bridgehead atoms. The highest BCUT2D eigenvalue weighted by Crippen LogP contribution is 2.33. The van der Waals surface area contributed by atoms with Crippen LogP contribution in [0.3, 0.4) is 0 Å². The van der Waals surface area contributed by atoms with Crippen molar-refractivity contribution in [1.82, 2.24) is 5.43 Å². The van der Waals surface area contributed by atoms with Crippen LogP contribution in [0.15, 0.2) is 84.5 Å². The summed E-state index contributed by atoms with van der Waals surface area (Å²) in [7, 11) is 1.47. The van der Waals surface area contributed by atoms with Crippen LogP contribution in [-0.2, 0) is 14.4 Å². The quantitative estimate of drug-likeness (QED) is 0.0971. The maximum atomic E-state index is 12.2. The van der Waals surface area contributed by atoms with Crippen molar-refractivity contribution in [2.45, 2.75) is 0 Å². The van der Waals surface area contributed by atoms with Crippen LogP contribution in [0.4, 0.5) is 11.4 Å². The predicted octanol–water partition coefficient (Wildman–Crippen LogP) is 3.97. The van der Waals surface area contributed by atoms with Gasteiger partial charge in [0, 0.05) is 11.4 Å². The molecule has 0 fully saturated rings. The van der Waals surface area contributed by atoms with Gasteiger partial charge in [0.25, 0.3) is 5.91 Å². The number of rotatable bonds is 11. The number of benzene rings is 3. The minimum atomic E-state index is -0.945. The number of hydrogen-bond donors (Lipinski definition) is 3. The Morgan fingerprint density at radius 2 is 1.66 bits per heavy atom. The first-order valence-electron chi connectivity index (χ1n) is 11.2. The fourth-order valence-electron chi connectivity index (χ4n) is 3.00. The molecule has 11 heteroatoms. The summed E-state index contributed by atoms with van der Waals surface area (Å²) in [5, 5.41) is 9.06. The highest BCUT2D eigenvalue weighted by molar-refractivity contribution is 14.1. The summed E-state index contributed by atoms with van der Waals surface area (Å²) in [6, 6.07) is 18.9. The van der Waals surface area contributed by atoms with Gasteiger partial charge in [-0.3, -0.25) is 14.4 Å². The summed E-state index contributed by atoms with van der Waals surface area (Å²) >= 11 is 2.04. The number of hydrogen-bond acceptors (Lipinski definition) is 7. The van der Waals surface area contributed by atoms with Crippen LogP contribution >= 0.6 is 22.6 Å². The average Bonchev–Trinajstić information content (AvgIpc) is 2.92. The van der Waals surface area contributed by atoms with E-state index in [1.165, 1.54) is 13.3 Å². The third-order valence-electron chi connectivity index (χ3n) is 4.72. The average molecular weight is 628 g/mol. The zero-order valence-electron chi connectivity index (χ0n) is 20.4. The minimum absolute atomic E-state index is 0.218. The number of hydrazone groups is 1. The lowest BCUT2D eigenvalue weighted by molar-refractivity contribution is -0.136. The molecular formula is C27H25IN4O6. The first-order chi connectivity index (χ1) is 18.4. The van der Waals surface area contributed by atoms with Crippen molar-refractivity contribution in [3.8, 4) is 17.2 Å². The van der Waals surface area contributed by atoms with Gasteiger partial charge >= 0.3 is 11.8 Å². The van der Waals surface area contributed by atoms with Crippen LogP contribution in [-0.4, -0.2) is 44.3 Å². The fourth-order valence-corrected chi connectivity index (χ4v) is 3.79. The van der Waals surface area contributed by atoms with Crippen LogP contribution < -0.4 is 30.3 Å². The second-order valence-corrected chi connectivity index (χ2v) is 8.68. The molecule has 0 radical (unpaired) electrons. The first kappa shape index (κ1) is 28.2. The molecule has 0 unspecified atom stereocenters. The predicted molar refractivity (Wildman–Crippen MR) is 153 cm³/mol. The molecule has 3 aromatic rings. The van der Waals surface area contributed by atoms with E-state index in [9.17, 15) is 14.4 Å². The van der Waals surface area contributed by atoms with E-state index in [4.69, 9.17) is 14.2 Å². The molecule has 0 saturated carbocycles. The van der Waals surface area contributed by atoms with Gasteiger partial charge in [-0.25, -0.2) is 5.43 Å². The Kier molecular flexibility index (Phi) is 10.7. The smallest absolute Gasteiger partial charge is 0.329 e. The molecule has 0 atom stereocenters. The molecule has 0 aromatic heterocycles. The zero-order valence-corrected chi connectivity index (χ0v) is 22.6. The number of methoxy groups -OCH3 is 1. The molecular weight excluding hydrogens is 603 g/mol. The summed E-state index contributed by atoms with van der Waals surface area (Å²) in [6.07, 6.45) is 2.97. The second-order valence-electron chi connectivity index (χ2n) is 7.51. The Labute approximate surface area is 233 Å². The third-order valence-corrected chi connectivity index (χ3v) is 5.52. The number of ether oxygens (including phenoxy) is 3. The number of nitrogens with one attached hydrogen (secondary N) is 3. The van der Waals surface area contributed by atoms with E-state index >= 15 is 0 Å². The van der Waals surface area contributed by atoms with E-state index < -0.39 is 11.8 Å². The van der Waals surface area contributed by atoms with E-state index in [0.717, 1.165) is 0 Å². The molecule has 0 aliphatic heterocycles.